The van der Waals surface area contributed by atoms with Crippen molar-refractivity contribution in [2.24, 2.45) is 0 Å². The van der Waals surface area contributed by atoms with E-state index < -0.39 is 23.5 Å². The fourth-order valence-electron chi connectivity index (χ4n) is 9.44. The fourth-order valence-corrected chi connectivity index (χ4v) is 9.44. The van der Waals surface area contributed by atoms with Crippen LogP contribution in [-0.4, -0.2) is 0 Å². The van der Waals surface area contributed by atoms with Gasteiger partial charge in [-0.1, -0.05) is 146 Å². The van der Waals surface area contributed by atoms with E-state index >= 15 is 0 Å². The van der Waals surface area contributed by atoms with Gasteiger partial charge in [-0.25, -0.2) is 0 Å². The topological polar surface area (TPSA) is 0 Å². The summed E-state index contributed by atoms with van der Waals surface area (Å²) >= 11 is 0. The molecule has 0 radical (unpaired) electrons. The van der Waals surface area contributed by atoms with Crippen molar-refractivity contribution in [2.75, 3.05) is 0 Å². The summed E-state index contributed by atoms with van der Waals surface area (Å²) in [4.78, 5) is 0. The zero-order valence-corrected chi connectivity index (χ0v) is 32.7. The molecule has 11 aromatic carbocycles. The standard InChI is InChI=1S/C56H32F6/c57-55(58,59)39-15-9-13-33(27-39)35-24-26-48-51(29-35)53(49-31-37-11-1-3-17-41(37)43-19-5-7-21-45(43)49)47-25-23-36(34-14-10-16-40(28-34)56(60,61)62)30-52(47)54(48)50-32-38-12-2-4-18-42(38)44-20-6-8-22-46(44)50/h1-32H. The number of hydrogen-bond donors (Lipinski definition) is 0. The molecule has 6 heteroatoms. The molecule has 0 fully saturated rings. The van der Waals surface area contributed by atoms with E-state index in [0.29, 0.717) is 22.3 Å². The monoisotopic (exact) mass is 818 g/mol. The molecule has 0 amide bonds. The normalized spacial score (nSPS) is 12.4. The van der Waals surface area contributed by atoms with Crippen molar-refractivity contribution in [3.63, 3.8) is 0 Å². The molecular weight excluding hydrogens is 787 g/mol. The molecule has 0 spiro atoms. The first kappa shape index (κ1) is 37.6. The van der Waals surface area contributed by atoms with E-state index in [2.05, 4.69) is 60.7 Å². The van der Waals surface area contributed by atoms with Gasteiger partial charge in [-0.2, -0.15) is 26.3 Å². The van der Waals surface area contributed by atoms with Gasteiger partial charge in [0.25, 0.3) is 0 Å². The third-order valence-electron chi connectivity index (χ3n) is 12.2. The molecule has 11 aromatic rings. The molecule has 0 N–H and O–H groups in total. The lowest BCUT2D eigenvalue weighted by Crippen LogP contribution is -2.04. The number of halogens is 6. The summed E-state index contributed by atoms with van der Waals surface area (Å²) in [6, 6.07) is 59.6. The molecule has 0 nitrogen and oxygen atoms in total. The highest BCUT2D eigenvalue weighted by molar-refractivity contribution is 6.29. The maximum atomic E-state index is 14.1. The number of benzene rings is 11. The molecule has 0 heterocycles. The summed E-state index contributed by atoms with van der Waals surface area (Å²) in [5, 5.41) is 11.6. The first-order valence-corrected chi connectivity index (χ1v) is 20.2. The first-order chi connectivity index (χ1) is 30.0. The van der Waals surface area contributed by atoms with Crippen molar-refractivity contribution < 1.29 is 26.3 Å². The Morgan fingerprint density at radius 1 is 0.242 bits per heavy atom. The van der Waals surface area contributed by atoms with E-state index in [0.717, 1.165) is 99.0 Å². The quantitative estimate of drug-likeness (QED) is 0.0943. The summed E-state index contributed by atoms with van der Waals surface area (Å²) in [5.41, 5.74) is 4.20. The Morgan fingerprint density at radius 3 is 1.00 bits per heavy atom. The van der Waals surface area contributed by atoms with Crippen molar-refractivity contribution in [1.29, 1.82) is 0 Å². The van der Waals surface area contributed by atoms with Crippen LogP contribution in [0.15, 0.2) is 194 Å². The lowest BCUT2D eigenvalue weighted by Gasteiger charge is -2.22. The number of rotatable bonds is 4. The van der Waals surface area contributed by atoms with Crippen LogP contribution >= 0.6 is 0 Å². The second kappa shape index (κ2) is 14.1. The highest BCUT2D eigenvalue weighted by atomic mass is 19.4. The van der Waals surface area contributed by atoms with Crippen LogP contribution in [0.4, 0.5) is 26.3 Å². The lowest BCUT2D eigenvalue weighted by atomic mass is 9.81. The van der Waals surface area contributed by atoms with Crippen molar-refractivity contribution in [3.8, 4) is 44.5 Å². The van der Waals surface area contributed by atoms with E-state index in [9.17, 15) is 26.3 Å². The molecule has 0 aromatic heterocycles. The SMILES string of the molecule is FC(F)(F)c1cccc(-c2ccc3c(-c4cc5ccccc5c5ccccc45)c4cc(-c5cccc(C(F)(F)F)c5)ccc4c(-c4cc5ccccc5c5ccccc45)c3c2)c1. The summed E-state index contributed by atoms with van der Waals surface area (Å²) in [6.07, 6.45) is -9.06. The van der Waals surface area contributed by atoms with Crippen LogP contribution in [0.25, 0.3) is 109 Å². The average molecular weight is 819 g/mol. The first-order valence-electron chi connectivity index (χ1n) is 20.2. The molecule has 298 valence electrons. The summed E-state index contributed by atoms with van der Waals surface area (Å²) in [7, 11) is 0. The van der Waals surface area contributed by atoms with Crippen LogP contribution < -0.4 is 0 Å². The maximum absolute atomic E-state index is 14.1. The molecule has 62 heavy (non-hydrogen) atoms. The molecular formula is C56H32F6. The van der Waals surface area contributed by atoms with Crippen molar-refractivity contribution in [2.45, 2.75) is 12.4 Å². The molecule has 0 bridgehead atoms. The van der Waals surface area contributed by atoms with E-state index in [-0.39, 0.29) is 0 Å². The number of fused-ring (bicyclic) bond motifs is 8. The minimum Gasteiger partial charge on any atom is -0.166 e. The Kier molecular flexibility index (Phi) is 8.52. The van der Waals surface area contributed by atoms with Crippen molar-refractivity contribution in [3.05, 3.63) is 205 Å². The third kappa shape index (κ3) is 6.16. The Labute approximate surface area is 351 Å². The van der Waals surface area contributed by atoms with Gasteiger partial charge in [0, 0.05) is 0 Å². The summed E-state index contributed by atoms with van der Waals surface area (Å²) in [5.74, 6) is 0. The van der Waals surface area contributed by atoms with Crippen molar-refractivity contribution >= 4 is 64.6 Å². The molecule has 0 aliphatic heterocycles. The molecule has 11 rings (SSSR count). The van der Waals surface area contributed by atoms with Gasteiger partial charge in [0.2, 0.25) is 0 Å². The number of hydrogen-bond acceptors (Lipinski definition) is 0. The summed E-state index contributed by atoms with van der Waals surface area (Å²) in [6.45, 7) is 0. The zero-order valence-electron chi connectivity index (χ0n) is 32.7. The van der Waals surface area contributed by atoms with Crippen LogP contribution in [-0.2, 0) is 12.4 Å². The van der Waals surface area contributed by atoms with Gasteiger partial charge >= 0.3 is 12.4 Å². The zero-order chi connectivity index (χ0) is 42.3. The van der Waals surface area contributed by atoms with Crippen LogP contribution in [0.2, 0.25) is 0 Å². The van der Waals surface area contributed by atoms with Gasteiger partial charge in [-0.15, -0.1) is 0 Å². The molecule has 0 saturated carbocycles. The second-order valence-electron chi connectivity index (χ2n) is 15.8. The molecule has 0 atom stereocenters. The maximum Gasteiger partial charge on any atom is 0.416 e. The predicted molar refractivity (Wildman–Crippen MR) is 243 cm³/mol. The summed E-state index contributed by atoms with van der Waals surface area (Å²) < 4.78 is 84.8. The van der Waals surface area contributed by atoms with Gasteiger partial charge in [-0.3, -0.25) is 0 Å². The minimum absolute atomic E-state index is 0.425. The second-order valence-corrected chi connectivity index (χ2v) is 15.8. The molecule has 0 saturated heterocycles. The highest BCUT2D eigenvalue weighted by Crippen LogP contribution is 2.50. The van der Waals surface area contributed by atoms with Crippen LogP contribution in [0.3, 0.4) is 0 Å². The van der Waals surface area contributed by atoms with Gasteiger partial charge < -0.3 is 0 Å². The Morgan fingerprint density at radius 2 is 0.597 bits per heavy atom. The Hall–Kier alpha value is -7.44. The highest BCUT2D eigenvalue weighted by Gasteiger charge is 2.32. The average Bonchev–Trinajstić information content (AvgIpc) is 3.29. The van der Waals surface area contributed by atoms with Gasteiger partial charge in [-0.05, 0) is 158 Å². The fraction of sp³-hybridized carbons (Fsp3) is 0.0357. The van der Waals surface area contributed by atoms with Gasteiger partial charge in [0.1, 0.15) is 0 Å². The Bertz CT molecular complexity index is 3370. The van der Waals surface area contributed by atoms with Crippen molar-refractivity contribution in [1.82, 2.24) is 0 Å². The smallest absolute Gasteiger partial charge is 0.166 e. The predicted octanol–water partition coefficient (Wildman–Crippen LogP) is 17.3. The van der Waals surface area contributed by atoms with E-state index in [1.165, 1.54) is 24.3 Å². The minimum atomic E-state index is -4.53. The van der Waals surface area contributed by atoms with Crippen LogP contribution in [0.1, 0.15) is 11.1 Å². The third-order valence-corrected chi connectivity index (χ3v) is 12.2. The van der Waals surface area contributed by atoms with Crippen LogP contribution in [0, 0.1) is 0 Å². The molecule has 0 aliphatic rings. The largest absolute Gasteiger partial charge is 0.416 e. The molecule has 0 unspecified atom stereocenters. The van der Waals surface area contributed by atoms with Gasteiger partial charge in [0.15, 0.2) is 0 Å². The number of alkyl halides is 6. The van der Waals surface area contributed by atoms with Crippen LogP contribution in [0.5, 0.6) is 0 Å². The van der Waals surface area contributed by atoms with E-state index in [1.54, 1.807) is 12.1 Å². The van der Waals surface area contributed by atoms with Gasteiger partial charge in [0.05, 0.1) is 11.1 Å². The van der Waals surface area contributed by atoms with E-state index in [4.69, 9.17) is 0 Å². The Balaban J connectivity index is 1.34. The lowest BCUT2D eigenvalue weighted by molar-refractivity contribution is -0.138. The molecule has 0 aliphatic carbocycles. The van der Waals surface area contributed by atoms with E-state index in [1.807, 2.05) is 84.9 Å².